The molecule has 1 heterocycles. The van der Waals surface area contributed by atoms with Gasteiger partial charge in [-0.05, 0) is 13.8 Å². The summed E-state index contributed by atoms with van der Waals surface area (Å²) in [7, 11) is 0. The highest BCUT2D eigenvalue weighted by atomic mass is 16.3. The highest BCUT2D eigenvalue weighted by Gasteiger charge is 2.15. The molecule has 96 valence electrons. The molecule has 1 aliphatic rings. The number of aliphatic hydroxyl groups excluding tert-OH is 1. The largest absolute Gasteiger partial charge is 0.389 e. The summed E-state index contributed by atoms with van der Waals surface area (Å²) in [6, 6.07) is 0. The summed E-state index contributed by atoms with van der Waals surface area (Å²) in [6.07, 6.45) is 3.84. The number of aliphatic hydroxyl groups is 1. The van der Waals surface area contributed by atoms with Crippen molar-refractivity contribution in [2.75, 3.05) is 13.1 Å². The average Bonchev–Trinajstić information content (AvgIpc) is 2.71. The van der Waals surface area contributed by atoms with Crippen LogP contribution in [-0.4, -0.2) is 35.4 Å². The van der Waals surface area contributed by atoms with Gasteiger partial charge in [-0.3, -0.25) is 0 Å². The van der Waals surface area contributed by atoms with Crippen LogP contribution in [0, 0.1) is 0 Å². The summed E-state index contributed by atoms with van der Waals surface area (Å²) < 4.78 is 0. The molecule has 1 unspecified atom stereocenters. The van der Waals surface area contributed by atoms with Crippen molar-refractivity contribution >= 4 is 0 Å². The molecule has 17 heavy (non-hydrogen) atoms. The number of hydrogen-bond donors (Lipinski definition) is 3. The second-order valence-electron chi connectivity index (χ2n) is 4.29. The SMILES string of the molecule is C=CC(O)CC(=C)N(CC)CC1=CN[C@H](C)N1. The van der Waals surface area contributed by atoms with Gasteiger partial charge in [-0.2, -0.15) is 0 Å². The van der Waals surface area contributed by atoms with Crippen LogP contribution in [0.3, 0.4) is 0 Å². The van der Waals surface area contributed by atoms with Crippen molar-refractivity contribution in [1.82, 2.24) is 15.5 Å². The van der Waals surface area contributed by atoms with E-state index in [4.69, 9.17) is 0 Å². The van der Waals surface area contributed by atoms with Gasteiger partial charge in [-0.25, -0.2) is 0 Å². The first kappa shape index (κ1) is 13.6. The maximum absolute atomic E-state index is 9.53. The Morgan fingerprint density at radius 1 is 1.71 bits per heavy atom. The lowest BCUT2D eigenvalue weighted by Crippen LogP contribution is -2.33. The molecule has 0 bridgehead atoms. The summed E-state index contributed by atoms with van der Waals surface area (Å²) in [4.78, 5) is 2.14. The van der Waals surface area contributed by atoms with Crippen LogP contribution in [0.2, 0.25) is 0 Å². The van der Waals surface area contributed by atoms with Gasteiger partial charge in [0.05, 0.1) is 18.8 Å². The number of hydrogen-bond acceptors (Lipinski definition) is 4. The van der Waals surface area contributed by atoms with Gasteiger partial charge in [-0.1, -0.05) is 12.7 Å². The molecular weight excluding hydrogens is 214 g/mol. The zero-order chi connectivity index (χ0) is 12.8. The predicted octanol–water partition coefficient (Wildman–Crippen LogP) is 1.14. The van der Waals surface area contributed by atoms with Gasteiger partial charge in [-0.15, -0.1) is 6.58 Å². The maximum atomic E-state index is 9.53. The third-order valence-electron chi connectivity index (χ3n) is 2.82. The van der Waals surface area contributed by atoms with Crippen molar-refractivity contribution in [3.63, 3.8) is 0 Å². The Hall–Kier alpha value is -1.42. The molecule has 0 aliphatic carbocycles. The van der Waals surface area contributed by atoms with Gasteiger partial charge in [0.2, 0.25) is 0 Å². The maximum Gasteiger partial charge on any atom is 0.0929 e. The van der Waals surface area contributed by atoms with Gasteiger partial charge in [0.1, 0.15) is 0 Å². The van der Waals surface area contributed by atoms with Gasteiger partial charge in [0, 0.05) is 30.6 Å². The van der Waals surface area contributed by atoms with E-state index < -0.39 is 6.10 Å². The standard InChI is InChI=1S/C13H23N3O/c1-5-13(17)7-10(3)16(6-2)9-12-8-14-11(4)15-12/h5,8,11,13-15,17H,1,3,6-7,9H2,2,4H3/t11-,13?/m0/s1. The summed E-state index contributed by atoms with van der Waals surface area (Å²) in [6.45, 7) is 13.4. The van der Waals surface area contributed by atoms with Crippen molar-refractivity contribution in [2.24, 2.45) is 0 Å². The van der Waals surface area contributed by atoms with Crippen LogP contribution in [-0.2, 0) is 0 Å². The van der Waals surface area contributed by atoms with E-state index in [1.54, 1.807) is 0 Å². The van der Waals surface area contributed by atoms with Crippen molar-refractivity contribution < 1.29 is 5.11 Å². The fourth-order valence-corrected chi connectivity index (χ4v) is 1.78. The van der Waals surface area contributed by atoms with E-state index >= 15 is 0 Å². The minimum Gasteiger partial charge on any atom is -0.389 e. The van der Waals surface area contributed by atoms with E-state index in [0.717, 1.165) is 24.5 Å². The molecule has 2 atom stereocenters. The minimum atomic E-state index is -0.515. The van der Waals surface area contributed by atoms with Gasteiger partial charge in [0.25, 0.3) is 0 Å². The normalized spacial score (nSPS) is 19.9. The monoisotopic (exact) mass is 237 g/mol. The summed E-state index contributed by atoms with van der Waals surface area (Å²) in [5.41, 5.74) is 2.08. The first-order chi connectivity index (χ1) is 8.06. The Balaban J connectivity index is 2.47. The quantitative estimate of drug-likeness (QED) is 0.581. The van der Waals surface area contributed by atoms with Gasteiger partial charge in [0.15, 0.2) is 0 Å². The minimum absolute atomic E-state index is 0.288. The first-order valence-corrected chi connectivity index (χ1v) is 6.01. The van der Waals surface area contributed by atoms with Crippen molar-refractivity contribution in [2.45, 2.75) is 32.5 Å². The fourth-order valence-electron chi connectivity index (χ4n) is 1.78. The highest BCUT2D eigenvalue weighted by Crippen LogP contribution is 2.12. The molecule has 0 aromatic rings. The molecule has 3 N–H and O–H groups in total. The van der Waals surface area contributed by atoms with E-state index in [1.165, 1.54) is 6.08 Å². The molecule has 0 saturated carbocycles. The van der Waals surface area contributed by atoms with E-state index in [1.807, 2.05) is 6.20 Å². The van der Waals surface area contributed by atoms with Crippen LogP contribution in [0.25, 0.3) is 0 Å². The van der Waals surface area contributed by atoms with E-state index in [0.29, 0.717) is 6.42 Å². The smallest absolute Gasteiger partial charge is 0.0929 e. The lowest BCUT2D eigenvalue weighted by molar-refractivity contribution is 0.208. The fraction of sp³-hybridized carbons (Fsp3) is 0.538. The van der Waals surface area contributed by atoms with E-state index in [9.17, 15) is 5.11 Å². The van der Waals surface area contributed by atoms with Crippen LogP contribution in [0.1, 0.15) is 20.3 Å². The predicted molar refractivity (Wildman–Crippen MR) is 71.0 cm³/mol. The molecule has 4 nitrogen and oxygen atoms in total. The Morgan fingerprint density at radius 2 is 2.41 bits per heavy atom. The van der Waals surface area contributed by atoms with Crippen molar-refractivity contribution in [3.05, 3.63) is 36.8 Å². The molecule has 0 aromatic heterocycles. The average molecular weight is 237 g/mol. The molecule has 1 rings (SSSR count). The van der Waals surface area contributed by atoms with Gasteiger partial charge >= 0.3 is 0 Å². The zero-order valence-corrected chi connectivity index (χ0v) is 10.7. The second-order valence-corrected chi connectivity index (χ2v) is 4.29. The Bertz CT molecular complexity index is 312. The highest BCUT2D eigenvalue weighted by molar-refractivity contribution is 5.11. The Morgan fingerprint density at radius 3 is 2.88 bits per heavy atom. The number of likely N-dealkylation sites (N-methyl/N-ethyl adjacent to an activating group) is 1. The van der Waals surface area contributed by atoms with E-state index in [2.05, 4.69) is 42.5 Å². The Kier molecular flexibility index (Phi) is 5.10. The first-order valence-electron chi connectivity index (χ1n) is 6.01. The second kappa shape index (κ2) is 6.35. The molecule has 4 heteroatoms. The van der Waals surface area contributed by atoms with Crippen LogP contribution in [0.15, 0.2) is 36.8 Å². The topological polar surface area (TPSA) is 47.5 Å². The third-order valence-corrected chi connectivity index (χ3v) is 2.82. The molecule has 0 radical (unpaired) electrons. The van der Waals surface area contributed by atoms with Gasteiger partial charge < -0.3 is 20.6 Å². The molecule has 0 spiro atoms. The zero-order valence-electron chi connectivity index (χ0n) is 10.7. The molecule has 1 aliphatic heterocycles. The lowest BCUT2D eigenvalue weighted by atomic mass is 10.2. The van der Waals surface area contributed by atoms with Crippen LogP contribution < -0.4 is 10.6 Å². The molecule has 0 saturated heterocycles. The van der Waals surface area contributed by atoms with Crippen LogP contribution in [0.4, 0.5) is 0 Å². The summed E-state index contributed by atoms with van der Waals surface area (Å²) >= 11 is 0. The Labute approximate surface area is 104 Å². The molecular formula is C13H23N3O. The number of nitrogens with one attached hydrogen (secondary N) is 2. The van der Waals surface area contributed by atoms with Crippen LogP contribution >= 0.6 is 0 Å². The summed E-state index contributed by atoms with van der Waals surface area (Å²) in [5.74, 6) is 0. The van der Waals surface area contributed by atoms with E-state index in [-0.39, 0.29) is 6.17 Å². The number of rotatable bonds is 7. The number of nitrogens with zero attached hydrogens (tertiary/aromatic N) is 1. The molecule has 0 aromatic carbocycles. The van der Waals surface area contributed by atoms with Crippen molar-refractivity contribution in [3.8, 4) is 0 Å². The molecule has 0 amide bonds. The lowest BCUT2D eigenvalue weighted by Gasteiger charge is -2.26. The summed E-state index contributed by atoms with van der Waals surface area (Å²) in [5, 5.41) is 16.0. The van der Waals surface area contributed by atoms with Crippen molar-refractivity contribution in [1.29, 1.82) is 0 Å². The molecule has 0 fully saturated rings. The third kappa shape index (κ3) is 4.15. The van der Waals surface area contributed by atoms with Crippen LogP contribution in [0.5, 0.6) is 0 Å².